The molecule has 0 spiro atoms. The maximum atomic E-state index is 10.7. The van der Waals surface area contributed by atoms with Crippen LogP contribution in [-0.2, 0) is 25.7 Å². The number of nitrogens with one attached hydrogen (secondary N) is 1. The maximum Gasteiger partial charge on any atom is 0.169 e. The van der Waals surface area contributed by atoms with E-state index in [1.165, 1.54) is 11.1 Å². The molecule has 0 aromatic heterocycles. The molecule has 4 heterocycles. The number of hydrogen-bond acceptors (Lipinski definition) is 8. The van der Waals surface area contributed by atoms with Gasteiger partial charge in [0.25, 0.3) is 0 Å². The third-order valence-corrected chi connectivity index (χ3v) is 9.20. The zero-order chi connectivity index (χ0) is 30.4. The van der Waals surface area contributed by atoms with E-state index in [4.69, 9.17) is 23.7 Å². The highest BCUT2D eigenvalue weighted by Crippen LogP contribution is 2.48. The second-order valence-electron chi connectivity index (χ2n) is 11.8. The summed E-state index contributed by atoms with van der Waals surface area (Å²) in [5.41, 5.74) is 6.80. The van der Waals surface area contributed by atoms with E-state index < -0.39 is 0 Å². The molecule has 0 aliphatic carbocycles. The molecule has 8 nitrogen and oxygen atoms in total. The Labute approximate surface area is 258 Å². The fraction of sp³-hybridized carbons (Fsp3) is 0.333. The third-order valence-electron chi connectivity index (χ3n) is 9.20. The maximum absolute atomic E-state index is 10.7. The van der Waals surface area contributed by atoms with Crippen LogP contribution in [0.3, 0.4) is 0 Å². The summed E-state index contributed by atoms with van der Waals surface area (Å²) in [6, 6.07) is 20.0. The zero-order valence-electron chi connectivity index (χ0n) is 25.6. The van der Waals surface area contributed by atoms with Crippen LogP contribution in [0.2, 0.25) is 0 Å². The van der Waals surface area contributed by atoms with Crippen LogP contribution >= 0.6 is 0 Å². The first-order chi connectivity index (χ1) is 21.4. The molecule has 4 aliphatic heterocycles. The Balaban J connectivity index is 1.43. The first-order valence-corrected chi connectivity index (χ1v) is 15.1. The second kappa shape index (κ2) is 11.6. The van der Waals surface area contributed by atoms with Gasteiger partial charge in [-0.15, -0.1) is 0 Å². The van der Waals surface area contributed by atoms with Gasteiger partial charge in [-0.05, 0) is 97.9 Å². The minimum atomic E-state index is -0.0255. The van der Waals surface area contributed by atoms with E-state index in [9.17, 15) is 5.11 Å². The van der Waals surface area contributed by atoms with Crippen LogP contribution in [0.4, 0.5) is 0 Å². The number of likely N-dealkylation sites (N-methyl/N-ethyl adjacent to an activating group) is 1. The highest BCUT2D eigenvalue weighted by Gasteiger charge is 2.32. The standard InChI is InChI=1S/C36H38N2O6/c1-38-14-12-23-18-31(40-2)32-19-26(23)28(38)16-22-7-10-29(39)30(17-22)43-24-8-5-21(6-9-24)15-27-35-25(11-13-37-27)36(42-4)34(41-3)20-33(35)44-32/h5-10,17-20,27-28,37,39H,11-16H2,1-4H3/t27-,28+/m0/s1. The van der Waals surface area contributed by atoms with Crippen molar-refractivity contribution in [3.63, 3.8) is 0 Å². The number of rotatable bonds is 3. The number of phenolic OH excluding ortho intramolecular Hbond substituents is 1. The van der Waals surface area contributed by atoms with Gasteiger partial charge in [-0.25, -0.2) is 0 Å². The summed E-state index contributed by atoms with van der Waals surface area (Å²) in [4.78, 5) is 2.38. The minimum Gasteiger partial charge on any atom is -0.504 e. The third kappa shape index (κ3) is 5.08. The van der Waals surface area contributed by atoms with Crippen molar-refractivity contribution in [2.75, 3.05) is 41.5 Å². The van der Waals surface area contributed by atoms with E-state index in [-0.39, 0.29) is 17.8 Å². The Morgan fingerprint density at radius 3 is 2.36 bits per heavy atom. The predicted molar refractivity (Wildman–Crippen MR) is 168 cm³/mol. The molecule has 4 aromatic carbocycles. The molecule has 0 saturated heterocycles. The van der Waals surface area contributed by atoms with Gasteiger partial charge in [0.05, 0.1) is 21.3 Å². The lowest BCUT2D eigenvalue weighted by Crippen LogP contribution is -2.33. The van der Waals surface area contributed by atoms with Crippen LogP contribution in [0, 0.1) is 0 Å². The van der Waals surface area contributed by atoms with Crippen molar-refractivity contribution in [3.05, 3.63) is 94.0 Å². The van der Waals surface area contributed by atoms with Crippen molar-refractivity contribution < 1.29 is 28.8 Å². The highest BCUT2D eigenvalue weighted by atomic mass is 16.5. The number of benzene rings is 4. The zero-order valence-corrected chi connectivity index (χ0v) is 25.6. The smallest absolute Gasteiger partial charge is 0.169 e. The van der Waals surface area contributed by atoms with Gasteiger partial charge in [0.2, 0.25) is 0 Å². The highest BCUT2D eigenvalue weighted by molar-refractivity contribution is 5.62. The van der Waals surface area contributed by atoms with Crippen LogP contribution in [-0.4, -0.2) is 51.5 Å². The lowest BCUT2D eigenvalue weighted by molar-refractivity contribution is 0.228. The average Bonchev–Trinajstić information content (AvgIpc) is 3.04. The van der Waals surface area contributed by atoms with E-state index in [2.05, 4.69) is 41.5 Å². The molecule has 2 atom stereocenters. The van der Waals surface area contributed by atoms with Gasteiger partial charge in [-0.1, -0.05) is 18.2 Å². The molecule has 228 valence electrons. The molecule has 0 saturated carbocycles. The Kier molecular flexibility index (Phi) is 7.48. The second-order valence-corrected chi connectivity index (χ2v) is 11.8. The average molecular weight is 595 g/mol. The van der Waals surface area contributed by atoms with Gasteiger partial charge in [-0.3, -0.25) is 4.90 Å². The SMILES string of the molecule is COc1cc2c3cc1Oc1cc(OC)c(OC)c4c1[C@H](Cc1ccc(cc1)Oc1cc(ccc1O)C[C@H]3N(C)CC2)NCC4. The van der Waals surface area contributed by atoms with Gasteiger partial charge < -0.3 is 34.1 Å². The molecular weight excluding hydrogens is 556 g/mol. The van der Waals surface area contributed by atoms with Gasteiger partial charge in [-0.2, -0.15) is 0 Å². The van der Waals surface area contributed by atoms with Crippen molar-refractivity contribution in [3.8, 4) is 46.0 Å². The Bertz CT molecular complexity index is 1700. The lowest BCUT2D eigenvalue weighted by atomic mass is 9.87. The molecule has 0 fully saturated rings. The molecule has 0 amide bonds. The number of aromatic hydroxyl groups is 1. The monoisotopic (exact) mass is 594 g/mol. The minimum absolute atomic E-state index is 0.0255. The number of phenols is 1. The molecule has 4 aromatic rings. The van der Waals surface area contributed by atoms with Gasteiger partial charge in [0.15, 0.2) is 34.5 Å². The summed E-state index contributed by atoms with van der Waals surface area (Å²) < 4.78 is 30.7. The molecule has 2 N–H and O–H groups in total. The fourth-order valence-electron chi connectivity index (χ4n) is 6.92. The summed E-state index contributed by atoms with van der Waals surface area (Å²) in [6.07, 6.45) is 3.16. The lowest BCUT2D eigenvalue weighted by Gasteiger charge is -2.36. The summed E-state index contributed by atoms with van der Waals surface area (Å²) >= 11 is 0. The quantitative estimate of drug-likeness (QED) is 0.278. The van der Waals surface area contributed by atoms with Crippen LogP contribution in [0.15, 0.2) is 60.7 Å². The predicted octanol–water partition coefficient (Wildman–Crippen LogP) is 6.52. The van der Waals surface area contributed by atoms with E-state index in [1.807, 2.05) is 30.3 Å². The molecule has 6 bridgehead atoms. The first kappa shape index (κ1) is 28.4. The van der Waals surface area contributed by atoms with E-state index in [0.29, 0.717) is 28.7 Å². The molecule has 8 rings (SSSR count). The number of ether oxygens (including phenoxy) is 5. The Hall–Kier alpha value is -4.40. The Morgan fingerprint density at radius 2 is 1.59 bits per heavy atom. The summed E-state index contributed by atoms with van der Waals surface area (Å²) in [5, 5.41) is 14.4. The van der Waals surface area contributed by atoms with Crippen LogP contribution < -0.4 is 29.0 Å². The van der Waals surface area contributed by atoms with Gasteiger partial charge in [0, 0.05) is 35.8 Å². The summed E-state index contributed by atoms with van der Waals surface area (Å²) in [6.45, 7) is 1.72. The van der Waals surface area contributed by atoms with Crippen molar-refractivity contribution >= 4 is 0 Å². The number of methoxy groups -OCH3 is 3. The van der Waals surface area contributed by atoms with Crippen molar-refractivity contribution in [1.82, 2.24) is 10.2 Å². The molecule has 0 unspecified atom stereocenters. The molecule has 44 heavy (non-hydrogen) atoms. The van der Waals surface area contributed by atoms with Crippen molar-refractivity contribution in [2.45, 2.75) is 37.8 Å². The molecule has 0 radical (unpaired) electrons. The molecular formula is C36H38N2O6. The Morgan fingerprint density at radius 1 is 0.795 bits per heavy atom. The normalized spacial score (nSPS) is 19.1. The first-order valence-electron chi connectivity index (χ1n) is 15.1. The fourth-order valence-corrected chi connectivity index (χ4v) is 6.92. The van der Waals surface area contributed by atoms with Gasteiger partial charge in [0.1, 0.15) is 11.5 Å². The van der Waals surface area contributed by atoms with Crippen LogP contribution in [0.25, 0.3) is 0 Å². The van der Waals surface area contributed by atoms with E-state index in [0.717, 1.165) is 72.5 Å². The topological polar surface area (TPSA) is 81.7 Å². The molecule has 8 heteroatoms. The van der Waals surface area contributed by atoms with Crippen molar-refractivity contribution in [1.29, 1.82) is 0 Å². The van der Waals surface area contributed by atoms with Gasteiger partial charge >= 0.3 is 0 Å². The van der Waals surface area contributed by atoms with Crippen LogP contribution in [0.1, 0.15) is 45.5 Å². The van der Waals surface area contributed by atoms with E-state index in [1.54, 1.807) is 27.4 Å². The number of hydrogen-bond donors (Lipinski definition) is 2. The molecule has 4 aliphatic rings. The summed E-state index contributed by atoms with van der Waals surface area (Å²) in [7, 11) is 7.20. The van der Waals surface area contributed by atoms with Crippen LogP contribution in [0.5, 0.6) is 46.0 Å². The summed E-state index contributed by atoms with van der Waals surface area (Å²) in [5.74, 6) is 4.69. The van der Waals surface area contributed by atoms with E-state index >= 15 is 0 Å². The number of fused-ring (bicyclic) bond motifs is 2. The van der Waals surface area contributed by atoms with Crippen molar-refractivity contribution in [2.24, 2.45) is 0 Å². The number of nitrogens with zero attached hydrogens (tertiary/aromatic N) is 1. The largest absolute Gasteiger partial charge is 0.504 e.